The third-order valence-electron chi connectivity index (χ3n) is 7.18. The molecule has 0 unspecified atom stereocenters. The van der Waals surface area contributed by atoms with Gasteiger partial charge in [0.2, 0.25) is 0 Å². The van der Waals surface area contributed by atoms with E-state index in [9.17, 15) is 9.18 Å². The van der Waals surface area contributed by atoms with E-state index >= 15 is 0 Å². The molecule has 0 radical (unpaired) electrons. The number of rotatable bonds is 14. The van der Waals surface area contributed by atoms with Crippen molar-refractivity contribution >= 4 is 17.6 Å². The normalized spacial score (nSPS) is 18.6. The lowest BCUT2D eigenvalue weighted by Gasteiger charge is -2.29. The lowest BCUT2D eigenvalue weighted by Crippen LogP contribution is -2.28. The van der Waals surface area contributed by atoms with Crippen LogP contribution in [-0.2, 0) is 9.53 Å². The Morgan fingerprint density at radius 1 is 0.917 bits per heavy atom. The van der Waals surface area contributed by atoms with Gasteiger partial charge in [0.1, 0.15) is 11.9 Å². The summed E-state index contributed by atoms with van der Waals surface area (Å²) >= 11 is 6.50. The van der Waals surface area contributed by atoms with Crippen molar-refractivity contribution in [2.75, 3.05) is 6.61 Å². The minimum absolute atomic E-state index is 0.160. The number of halogens is 2. The van der Waals surface area contributed by atoms with Gasteiger partial charge in [-0.15, -0.1) is 0 Å². The first-order valence-corrected chi connectivity index (χ1v) is 14.3. The number of carbonyl (C=O) groups excluding carboxylic acids is 1. The topological polar surface area (TPSA) is 35.5 Å². The molecule has 198 valence electrons. The second kappa shape index (κ2) is 15.2. The van der Waals surface area contributed by atoms with E-state index in [1.807, 2.05) is 19.1 Å². The van der Waals surface area contributed by atoms with Crippen molar-refractivity contribution in [1.82, 2.24) is 0 Å². The van der Waals surface area contributed by atoms with Crippen LogP contribution in [0.2, 0.25) is 5.02 Å². The number of benzene rings is 2. The molecule has 3 rings (SSSR count). The van der Waals surface area contributed by atoms with Crippen molar-refractivity contribution in [3.05, 3.63) is 53.1 Å². The summed E-state index contributed by atoms with van der Waals surface area (Å²) in [5.74, 6) is 0.500. The highest BCUT2D eigenvalue weighted by molar-refractivity contribution is 6.32. The smallest absolute Gasteiger partial charge is 0.340 e. The zero-order valence-electron chi connectivity index (χ0n) is 21.9. The van der Waals surface area contributed by atoms with Gasteiger partial charge in [0, 0.05) is 0 Å². The first-order chi connectivity index (χ1) is 17.5. The van der Waals surface area contributed by atoms with E-state index in [2.05, 4.69) is 37.3 Å². The summed E-state index contributed by atoms with van der Waals surface area (Å²) in [6.45, 7) is 4.91. The molecule has 0 spiro atoms. The maximum Gasteiger partial charge on any atom is 0.340 e. The highest BCUT2D eigenvalue weighted by atomic mass is 35.5. The first-order valence-electron chi connectivity index (χ1n) is 13.9. The molecule has 0 heterocycles. The van der Waals surface area contributed by atoms with Crippen molar-refractivity contribution in [3.63, 3.8) is 0 Å². The number of ether oxygens (including phenoxy) is 2. The lowest BCUT2D eigenvalue weighted by atomic mass is 9.82. The molecule has 3 nitrogen and oxygen atoms in total. The number of carbonyl (C=O) groups is 1. The van der Waals surface area contributed by atoms with E-state index in [0.717, 1.165) is 55.4 Å². The monoisotopic (exact) mass is 516 g/mol. The van der Waals surface area contributed by atoms with Gasteiger partial charge in [-0.05, 0) is 73.3 Å². The summed E-state index contributed by atoms with van der Waals surface area (Å²) in [7, 11) is 0. The maximum atomic E-state index is 13.9. The molecule has 1 saturated carbocycles. The predicted octanol–water partition coefficient (Wildman–Crippen LogP) is 9.45. The van der Waals surface area contributed by atoms with Crippen LogP contribution in [0.25, 0.3) is 11.1 Å². The summed E-state index contributed by atoms with van der Waals surface area (Å²) in [4.78, 5) is 12.0. The van der Waals surface area contributed by atoms with Crippen LogP contribution in [0.1, 0.15) is 102 Å². The number of hydrogen-bond donors (Lipinski definition) is 0. The molecule has 2 aromatic rings. The number of alkyl halides is 1. The molecule has 5 heteroatoms. The highest BCUT2D eigenvalue weighted by Crippen LogP contribution is 2.36. The van der Waals surface area contributed by atoms with E-state index in [4.69, 9.17) is 21.1 Å². The van der Waals surface area contributed by atoms with Gasteiger partial charge in [-0.2, -0.15) is 0 Å². The molecule has 0 aliphatic heterocycles. The molecule has 1 atom stereocenters. The predicted molar refractivity (Wildman–Crippen MR) is 147 cm³/mol. The molecular weight excluding hydrogens is 475 g/mol. The Balaban J connectivity index is 1.47. The molecular formula is C31H42ClFO3. The fourth-order valence-corrected chi connectivity index (χ4v) is 5.12. The number of hydrogen-bond acceptors (Lipinski definition) is 3. The maximum absolute atomic E-state index is 13.9. The molecule has 2 aromatic carbocycles. The fourth-order valence-electron chi connectivity index (χ4n) is 4.89. The van der Waals surface area contributed by atoms with Crippen LogP contribution in [0.3, 0.4) is 0 Å². The molecule has 0 bridgehead atoms. The van der Waals surface area contributed by atoms with Crippen LogP contribution >= 0.6 is 11.6 Å². The van der Waals surface area contributed by atoms with Gasteiger partial charge in [-0.25, -0.2) is 9.18 Å². The standard InChI is InChI=1S/C31H42ClFO3/c1-3-5-7-8-9-21-35-30-20-17-26(22-28(30)32)25-13-11-23(12-14-25)24-15-18-27(19-16-24)36-31(34)29(33)10-6-4-2/h11-14,17,20,22,24,27,29H,3-10,15-16,18-19,21H2,1-2H3/t24?,27?,29-/m0/s1. The van der Waals surface area contributed by atoms with E-state index in [1.165, 1.54) is 31.2 Å². The average molecular weight is 517 g/mol. The van der Waals surface area contributed by atoms with Gasteiger partial charge in [-0.3, -0.25) is 0 Å². The summed E-state index contributed by atoms with van der Waals surface area (Å²) < 4.78 is 25.2. The third-order valence-corrected chi connectivity index (χ3v) is 7.47. The molecule has 0 aromatic heterocycles. The van der Waals surface area contributed by atoms with E-state index in [1.54, 1.807) is 0 Å². The minimum Gasteiger partial charge on any atom is -0.492 e. The van der Waals surface area contributed by atoms with Crippen LogP contribution < -0.4 is 4.74 Å². The molecule has 0 N–H and O–H groups in total. The fraction of sp³-hybridized carbons (Fsp3) is 0.581. The molecule has 36 heavy (non-hydrogen) atoms. The molecule has 1 fully saturated rings. The van der Waals surface area contributed by atoms with E-state index < -0.39 is 12.1 Å². The Labute approximate surface area is 221 Å². The number of esters is 1. The molecule has 1 aliphatic rings. The van der Waals surface area contributed by atoms with Gasteiger partial charge in [0.05, 0.1) is 11.6 Å². The van der Waals surface area contributed by atoms with Crippen molar-refractivity contribution in [2.45, 2.75) is 109 Å². The summed E-state index contributed by atoms with van der Waals surface area (Å²) in [6, 6.07) is 14.6. The van der Waals surface area contributed by atoms with Crippen LogP contribution in [0.4, 0.5) is 4.39 Å². The van der Waals surface area contributed by atoms with Crippen molar-refractivity contribution in [1.29, 1.82) is 0 Å². The third kappa shape index (κ3) is 8.80. The van der Waals surface area contributed by atoms with Gasteiger partial charge in [0.25, 0.3) is 0 Å². The quantitative estimate of drug-likeness (QED) is 0.185. The Hall–Kier alpha value is -2.07. The summed E-state index contributed by atoms with van der Waals surface area (Å²) in [5, 5.41) is 0.642. The zero-order valence-corrected chi connectivity index (χ0v) is 22.7. The largest absolute Gasteiger partial charge is 0.492 e. The van der Waals surface area contributed by atoms with Crippen LogP contribution in [0.15, 0.2) is 42.5 Å². The first kappa shape index (κ1) is 28.5. The highest BCUT2D eigenvalue weighted by Gasteiger charge is 2.27. The van der Waals surface area contributed by atoms with E-state index in [0.29, 0.717) is 24.0 Å². The SMILES string of the molecule is CCCCCCCOc1ccc(-c2ccc(C3CCC(OC(=O)[C@@H](F)CCCC)CC3)cc2)cc1Cl. The van der Waals surface area contributed by atoms with Crippen LogP contribution in [0, 0.1) is 0 Å². The van der Waals surface area contributed by atoms with Crippen LogP contribution in [0.5, 0.6) is 5.75 Å². The Kier molecular flexibility index (Phi) is 12.1. The number of unbranched alkanes of at least 4 members (excludes halogenated alkanes) is 5. The minimum atomic E-state index is -1.49. The van der Waals surface area contributed by atoms with E-state index in [-0.39, 0.29) is 12.5 Å². The van der Waals surface area contributed by atoms with Gasteiger partial charge in [-0.1, -0.05) is 94.3 Å². The van der Waals surface area contributed by atoms with Crippen molar-refractivity contribution in [3.8, 4) is 16.9 Å². The van der Waals surface area contributed by atoms with Crippen molar-refractivity contribution < 1.29 is 18.7 Å². The lowest BCUT2D eigenvalue weighted by molar-refractivity contribution is -0.157. The second-order valence-electron chi connectivity index (χ2n) is 10.1. The molecule has 0 amide bonds. The summed E-state index contributed by atoms with van der Waals surface area (Å²) in [6.07, 6.45) is 9.70. The molecule has 0 saturated heterocycles. The second-order valence-corrected chi connectivity index (χ2v) is 10.5. The zero-order chi connectivity index (χ0) is 25.8. The van der Waals surface area contributed by atoms with Crippen LogP contribution in [-0.4, -0.2) is 24.9 Å². The summed E-state index contributed by atoms with van der Waals surface area (Å²) in [5.41, 5.74) is 3.49. The van der Waals surface area contributed by atoms with Gasteiger partial charge in [0.15, 0.2) is 6.17 Å². The molecule has 1 aliphatic carbocycles. The Morgan fingerprint density at radius 2 is 1.58 bits per heavy atom. The van der Waals surface area contributed by atoms with Crippen molar-refractivity contribution in [2.24, 2.45) is 0 Å². The Bertz CT molecular complexity index is 922. The van der Waals surface area contributed by atoms with Gasteiger partial charge >= 0.3 is 5.97 Å². The Morgan fingerprint density at radius 3 is 2.25 bits per heavy atom. The van der Waals surface area contributed by atoms with Gasteiger partial charge < -0.3 is 9.47 Å². The average Bonchev–Trinajstić information content (AvgIpc) is 2.90.